The van der Waals surface area contributed by atoms with Crippen molar-refractivity contribution in [1.82, 2.24) is 9.97 Å². The van der Waals surface area contributed by atoms with Crippen molar-refractivity contribution in [3.63, 3.8) is 0 Å². The Morgan fingerprint density at radius 2 is 1.96 bits per heavy atom. The zero-order valence-electron chi connectivity index (χ0n) is 15.3. The second-order valence-electron chi connectivity index (χ2n) is 6.33. The molecule has 0 radical (unpaired) electrons. The average Bonchev–Trinajstić information content (AvgIpc) is 3.03. The molecule has 0 aliphatic carbocycles. The Kier molecular flexibility index (Phi) is 5.93. The van der Waals surface area contributed by atoms with E-state index in [4.69, 9.17) is 4.42 Å². The summed E-state index contributed by atoms with van der Waals surface area (Å²) in [5, 5.41) is 3.48. The topological polar surface area (TPSA) is 68.0 Å². The molecule has 0 unspecified atom stereocenters. The molecule has 1 amide bonds. The van der Waals surface area contributed by atoms with Gasteiger partial charge < -0.3 is 9.73 Å². The number of aromatic nitrogens is 2. The van der Waals surface area contributed by atoms with Crippen LogP contribution in [0.25, 0.3) is 11.2 Å². The monoisotopic (exact) mass is 369 g/mol. The van der Waals surface area contributed by atoms with Crippen molar-refractivity contribution >= 4 is 34.6 Å². The molecule has 0 saturated carbocycles. The van der Waals surface area contributed by atoms with Gasteiger partial charge in [-0.15, -0.1) is 0 Å². The van der Waals surface area contributed by atoms with E-state index in [1.165, 1.54) is 17.3 Å². The summed E-state index contributed by atoms with van der Waals surface area (Å²) >= 11 is 1.42. The van der Waals surface area contributed by atoms with E-state index in [1.54, 1.807) is 0 Å². The molecule has 0 fully saturated rings. The largest absolute Gasteiger partial charge is 0.430 e. The second kappa shape index (κ2) is 8.36. The lowest BCUT2D eigenvalue weighted by Gasteiger charge is -2.10. The first-order chi connectivity index (χ1) is 12.5. The number of oxazole rings is 1. The third-order valence-electron chi connectivity index (χ3n) is 4.30. The molecule has 1 N–H and O–H groups in total. The number of pyridine rings is 1. The third kappa shape index (κ3) is 4.64. The SMILES string of the molecule is CC[C@@H](C)c1ccc(NC(=O)CCSc2nc3nc(C)ccc3o2)cc1. The van der Waals surface area contributed by atoms with Crippen LogP contribution in [0.5, 0.6) is 0 Å². The fraction of sp³-hybridized carbons (Fsp3) is 0.350. The van der Waals surface area contributed by atoms with E-state index in [2.05, 4.69) is 41.3 Å². The van der Waals surface area contributed by atoms with Crippen LogP contribution in [0.1, 0.15) is 43.9 Å². The Labute approximate surface area is 157 Å². The Balaban J connectivity index is 1.49. The molecule has 3 rings (SSSR count). The summed E-state index contributed by atoms with van der Waals surface area (Å²) < 4.78 is 5.63. The number of aryl methyl sites for hydroxylation is 1. The van der Waals surface area contributed by atoms with Crippen LogP contribution in [0.2, 0.25) is 0 Å². The summed E-state index contributed by atoms with van der Waals surface area (Å²) in [4.78, 5) is 20.8. The van der Waals surface area contributed by atoms with Gasteiger partial charge in [0.15, 0.2) is 11.2 Å². The number of rotatable bonds is 7. The van der Waals surface area contributed by atoms with Gasteiger partial charge in [0.1, 0.15) is 0 Å². The summed E-state index contributed by atoms with van der Waals surface area (Å²) in [5.74, 6) is 1.12. The molecule has 1 atom stereocenters. The number of carbonyl (C=O) groups is 1. The fourth-order valence-electron chi connectivity index (χ4n) is 2.54. The van der Waals surface area contributed by atoms with E-state index in [1.807, 2.05) is 31.2 Å². The predicted molar refractivity (Wildman–Crippen MR) is 106 cm³/mol. The van der Waals surface area contributed by atoms with Crippen molar-refractivity contribution < 1.29 is 9.21 Å². The van der Waals surface area contributed by atoms with Gasteiger partial charge in [-0.1, -0.05) is 37.7 Å². The summed E-state index contributed by atoms with van der Waals surface area (Å²) in [6.45, 7) is 6.29. The van der Waals surface area contributed by atoms with E-state index in [-0.39, 0.29) is 5.91 Å². The number of carbonyl (C=O) groups excluding carboxylic acids is 1. The van der Waals surface area contributed by atoms with Crippen LogP contribution >= 0.6 is 11.8 Å². The molecule has 2 aromatic heterocycles. The maximum atomic E-state index is 12.1. The van der Waals surface area contributed by atoms with E-state index in [0.717, 1.165) is 17.8 Å². The quantitative estimate of drug-likeness (QED) is 0.582. The van der Waals surface area contributed by atoms with Gasteiger partial charge in [0.05, 0.1) is 0 Å². The maximum absolute atomic E-state index is 12.1. The van der Waals surface area contributed by atoms with Crippen LogP contribution in [0.4, 0.5) is 5.69 Å². The highest BCUT2D eigenvalue weighted by Crippen LogP contribution is 2.24. The van der Waals surface area contributed by atoms with Gasteiger partial charge in [-0.05, 0) is 49.1 Å². The zero-order chi connectivity index (χ0) is 18.5. The van der Waals surface area contributed by atoms with Crippen LogP contribution < -0.4 is 5.32 Å². The van der Waals surface area contributed by atoms with Gasteiger partial charge in [-0.2, -0.15) is 4.98 Å². The number of nitrogens with zero attached hydrogens (tertiary/aromatic N) is 2. The number of amides is 1. The molecule has 2 heterocycles. The lowest BCUT2D eigenvalue weighted by molar-refractivity contribution is -0.115. The summed E-state index contributed by atoms with van der Waals surface area (Å²) in [7, 11) is 0. The van der Waals surface area contributed by atoms with Gasteiger partial charge in [-0.3, -0.25) is 4.79 Å². The second-order valence-corrected chi connectivity index (χ2v) is 7.38. The molecule has 0 spiro atoms. The number of anilines is 1. The molecular weight excluding hydrogens is 346 g/mol. The van der Waals surface area contributed by atoms with Crippen LogP contribution in [0, 0.1) is 6.92 Å². The smallest absolute Gasteiger partial charge is 0.258 e. The highest BCUT2D eigenvalue weighted by atomic mass is 32.2. The Morgan fingerprint density at radius 1 is 1.19 bits per heavy atom. The molecule has 0 aliphatic rings. The van der Waals surface area contributed by atoms with Crippen LogP contribution in [0.3, 0.4) is 0 Å². The van der Waals surface area contributed by atoms with Crippen molar-refractivity contribution in [2.24, 2.45) is 0 Å². The van der Waals surface area contributed by atoms with Gasteiger partial charge in [-0.25, -0.2) is 4.98 Å². The van der Waals surface area contributed by atoms with E-state index in [0.29, 0.717) is 34.5 Å². The molecule has 6 heteroatoms. The minimum Gasteiger partial charge on any atom is -0.430 e. The Bertz CT molecular complexity index is 890. The van der Waals surface area contributed by atoms with E-state index in [9.17, 15) is 4.79 Å². The molecule has 0 bridgehead atoms. The van der Waals surface area contributed by atoms with Gasteiger partial charge in [0, 0.05) is 23.6 Å². The minimum absolute atomic E-state index is 0.0149. The zero-order valence-corrected chi connectivity index (χ0v) is 16.1. The first kappa shape index (κ1) is 18.5. The number of hydrogen-bond donors (Lipinski definition) is 1. The summed E-state index contributed by atoms with van der Waals surface area (Å²) in [5.41, 5.74) is 4.30. The van der Waals surface area contributed by atoms with Crippen molar-refractivity contribution in [3.05, 3.63) is 47.7 Å². The molecule has 1 aromatic carbocycles. The molecule has 0 saturated heterocycles. The van der Waals surface area contributed by atoms with Gasteiger partial charge in [0.2, 0.25) is 5.91 Å². The van der Waals surface area contributed by atoms with Crippen molar-refractivity contribution in [3.8, 4) is 0 Å². The highest BCUT2D eigenvalue weighted by molar-refractivity contribution is 7.99. The normalized spacial score (nSPS) is 12.3. The van der Waals surface area contributed by atoms with Crippen molar-refractivity contribution in [1.29, 1.82) is 0 Å². The summed E-state index contributed by atoms with van der Waals surface area (Å²) in [6.07, 6.45) is 1.50. The van der Waals surface area contributed by atoms with Crippen LogP contribution in [0.15, 0.2) is 46.0 Å². The lowest BCUT2D eigenvalue weighted by atomic mass is 9.99. The van der Waals surface area contributed by atoms with Crippen molar-refractivity contribution in [2.45, 2.75) is 44.8 Å². The first-order valence-corrected chi connectivity index (χ1v) is 9.80. The molecular formula is C20H23N3O2S. The molecule has 5 nitrogen and oxygen atoms in total. The molecule has 0 aliphatic heterocycles. The number of thioether (sulfide) groups is 1. The minimum atomic E-state index is -0.0149. The van der Waals surface area contributed by atoms with Crippen LogP contribution in [-0.4, -0.2) is 21.6 Å². The average molecular weight is 369 g/mol. The number of benzene rings is 1. The third-order valence-corrected chi connectivity index (χ3v) is 5.13. The Morgan fingerprint density at radius 3 is 2.69 bits per heavy atom. The van der Waals surface area contributed by atoms with Gasteiger partial charge >= 0.3 is 0 Å². The van der Waals surface area contributed by atoms with Gasteiger partial charge in [0.25, 0.3) is 5.22 Å². The predicted octanol–water partition coefficient (Wildman–Crippen LogP) is 5.17. The first-order valence-electron chi connectivity index (χ1n) is 8.82. The Hall–Kier alpha value is -2.34. The standard InChI is InChI=1S/C20H23N3O2S/c1-4-13(2)15-6-8-16(9-7-15)22-18(24)11-12-26-20-23-19-17(25-20)10-5-14(3)21-19/h5-10,13H,4,11-12H2,1-3H3,(H,22,24)/t13-/m1/s1. The maximum Gasteiger partial charge on any atom is 0.258 e. The molecule has 26 heavy (non-hydrogen) atoms. The fourth-order valence-corrected chi connectivity index (χ4v) is 3.30. The number of hydrogen-bond acceptors (Lipinski definition) is 5. The highest BCUT2D eigenvalue weighted by Gasteiger charge is 2.10. The van der Waals surface area contributed by atoms with E-state index >= 15 is 0 Å². The van der Waals surface area contributed by atoms with Crippen molar-refractivity contribution in [2.75, 3.05) is 11.1 Å². The molecule has 136 valence electrons. The number of nitrogens with one attached hydrogen (secondary N) is 1. The lowest BCUT2D eigenvalue weighted by Crippen LogP contribution is -2.12. The van der Waals surface area contributed by atoms with Crippen LogP contribution in [-0.2, 0) is 4.79 Å². The number of fused-ring (bicyclic) bond motifs is 1. The summed E-state index contributed by atoms with van der Waals surface area (Å²) in [6, 6.07) is 11.8. The molecule has 3 aromatic rings. The van der Waals surface area contributed by atoms with E-state index < -0.39 is 0 Å².